The minimum absolute atomic E-state index is 0.377. The zero-order valence-corrected chi connectivity index (χ0v) is 13.1. The van der Waals surface area contributed by atoms with Crippen LogP contribution in [0.1, 0.15) is 43.5 Å². The molecule has 1 heterocycles. The minimum Gasteiger partial charge on any atom is -0.382 e. The van der Waals surface area contributed by atoms with Crippen molar-refractivity contribution < 1.29 is 4.79 Å². The first-order valence-corrected chi connectivity index (χ1v) is 7.99. The highest BCUT2D eigenvalue weighted by atomic mass is 16.1. The van der Waals surface area contributed by atoms with E-state index in [-0.39, 0.29) is 5.91 Å². The van der Waals surface area contributed by atoms with Gasteiger partial charge >= 0.3 is 0 Å². The van der Waals surface area contributed by atoms with Crippen molar-refractivity contribution in [2.24, 2.45) is 11.7 Å². The largest absolute Gasteiger partial charge is 0.382 e. The lowest BCUT2D eigenvalue weighted by atomic mass is 9.91. The van der Waals surface area contributed by atoms with Crippen molar-refractivity contribution in [3.05, 3.63) is 29.8 Å². The van der Waals surface area contributed by atoms with Crippen LogP contribution in [-0.2, 0) is 0 Å². The molecule has 0 radical (unpaired) electrons. The molecule has 1 aliphatic heterocycles. The predicted octanol–water partition coefficient (Wildman–Crippen LogP) is 2.71. The number of rotatable bonds is 6. The summed E-state index contributed by atoms with van der Waals surface area (Å²) in [5.41, 5.74) is 6.87. The summed E-state index contributed by atoms with van der Waals surface area (Å²) in [7, 11) is 0. The molecule has 1 aromatic carbocycles. The first kappa shape index (κ1) is 15.8. The van der Waals surface area contributed by atoms with Crippen LogP contribution in [0.5, 0.6) is 0 Å². The second-order valence-corrected chi connectivity index (χ2v) is 6.08. The van der Waals surface area contributed by atoms with E-state index in [0.29, 0.717) is 17.5 Å². The predicted molar refractivity (Wildman–Crippen MR) is 87.5 cm³/mol. The summed E-state index contributed by atoms with van der Waals surface area (Å²) in [6.45, 7) is 8.06. The minimum atomic E-state index is -0.377. The highest BCUT2D eigenvalue weighted by Gasteiger charge is 2.24. The summed E-state index contributed by atoms with van der Waals surface area (Å²) in [5, 5.41) is 3.54. The highest BCUT2D eigenvalue weighted by Crippen LogP contribution is 2.23. The molecule has 1 aliphatic rings. The molecule has 2 atom stereocenters. The van der Waals surface area contributed by atoms with Crippen LogP contribution in [0, 0.1) is 5.92 Å². The van der Waals surface area contributed by atoms with E-state index in [2.05, 4.69) is 24.1 Å². The van der Waals surface area contributed by atoms with Gasteiger partial charge in [0.15, 0.2) is 0 Å². The third-order valence-electron chi connectivity index (χ3n) is 4.33. The van der Waals surface area contributed by atoms with Gasteiger partial charge in [0.05, 0.1) is 0 Å². The number of nitrogens with two attached hydrogens (primary N) is 1. The number of carbonyl (C=O) groups is 1. The number of nitrogens with one attached hydrogen (secondary N) is 1. The van der Waals surface area contributed by atoms with E-state index in [1.807, 2.05) is 18.2 Å². The number of amides is 1. The maximum Gasteiger partial charge on any atom is 0.248 e. The number of likely N-dealkylation sites (tertiary alicyclic amines) is 1. The third kappa shape index (κ3) is 4.46. The number of hydrogen-bond acceptors (Lipinski definition) is 3. The second kappa shape index (κ2) is 7.46. The molecule has 0 aromatic heterocycles. The van der Waals surface area contributed by atoms with Gasteiger partial charge in [-0.15, -0.1) is 0 Å². The quantitative estimate of drug-likeness (QED) is 0.846. The number of benzene rings is 1. The Morgan fingerprint density at radius 1 is 1.52 bits per heavy atom. The Kier molecular flexibility index (Phi) is 5.62. The molecule has 21 heavy (non-hydrogen) atoms. The first-order valence-electron chi connectivity index (χ1n) is 7.99. The Morgan fingerprint density at radius 3 is 3.05 bits per heavy atom. The second-order valence-electron chi connectivity index (χ2n) is 6.08. The summed E-state index contributed by atoms with van der Waals surface area (Å²) in [6, 6.07) is 7.86. The van der Waals surface area contributed by atoms with Crippen LogP contribution in [0.4, 0.5) is 5.69 Å². The fourth-order valence-corrected chi connectivity index (χ4v) is 3.16. The van der Waals surface area contributed by atoms with Gasteiger partial charge in [0.2, 0.25) is 5.91 Å². The number of carbonyl (C=O) groups excluding carboxylic acids is 1. The Bertz CT molecular complexity index is 473. The fraction of sp³-hybridized carbons (Fsp3) is 0.588. The van der Waals surface area contributed by atoms with Crippen LogP contribution in [0.3, 0.4) is 0 Å². The molecule has 4 nitrogen and oxygen atoms in total. The molecule has 1 aromatic rings. The van der Waals surface area contributed by atoms with Crippen molar-refractivity contribution in [3.63, 3.8) is 0 Å². The number of anilines is 1. The molecular formula is C17H27N3O. The molecular weight excluding hydrogens is 262 g/mol. The maximum absolute atomic E-state index is 11.2. The summed E-state index contributed by atoms with van der Waals surface area (Å²) in [6.07, 6.45) is 3.76. The van der Waals surface area contributed by atoms with Crippen LogP contribution < -0.4 is 11.1 Å². The van der Waals surface area contributed by atoms with Gasteiger partial charge in [-0.2, -0.15) is 0 Å². The Balaban J connectivity index is 1.95. The zero-order chi connectivity index (χ0) is 15.2. The smallest absolute Gasteiger partial charge is 0.248 e. The van der Waals surface area contributed by atoms with Gasteiger partial charge in [0.1, 0.15) is 0 Å². The van der Waals surface area contributed by atoms with E-state index in [9.17, 15) is 4.79 Å². The van der Waals surface area contributed by atoms with Crippen molar-refractivity contribution in [2.45, 2.75) is 39.2 Å². The summed E-state index contributed by atoms with van der Waals surface area (Å²) in [5.74, 6) is 0.278. The lowest BCUT2D eigenvalue weighted by molar-refractivity contribution is 0.100. The maximum atomic E-state index is 11.2. The third-order valence-corrected chi connectivity index (χ3v) is 4.33. The molecule has 0 aliphatic carbocycles. The SMILES string of the molecule is CCCN1CCCC(C(C)Nc2cccc(C(N)=O)c2)C1. The molecule has 4 heteroatoms. The summed E-state index contributed by atoms with van der Waals surface area (Å²) >= 11 is 0. The zero-order valence-electron chi connectivity index (χ0n) is 13.1. The van der Waals surface area contributed by atoms with E-state index in [0.717, 1.165) is 12.2 Å². The van der Waals surface area contributed by atoms with Crippen LogP contribution in [-0.4, -0.2) is 36.5 Å². The molecule has 0 saturated carbocycles. The van der Waals surface area contributed by atoms with Gasteiger partial charge in [-0.25, -0.2) is 0 Å². The van der Waals surface area contributed by atoms with Crippen LogP contribution in [0.25, 0.3) is 0 Å². The average molecular weight is 289 g/mol. The van der Waals surface area contributed by atoms with Gasteiger partial charge in [0.25, 0.3) is 0 Å². The van der Waals surface area contributed by atoms with Crippen LogP contribution in [0.15, 0.2) is 24.3 Å². The van der Waals surface area contributed by atoms with Gasteiger partial charge < -0.3 is 16.0 Å². The Labute approximate surface area is 127 Å². The van der Waals surface area contributed by atoms with Crippen molar-refractivity contribution in [1.29, 1.82) is 0 Å². The van der Waals surface area contributed by atoms with Crippen molar-refractivity contribution >= 4 is 11.6 Å². The standard InChI is InChI=1S/C17H27N3O/c1-3-9-20-10-5-7-15(12-20)13(2)19-16-8-4-6-14(11-16)17(18)21/h4,6,8,11,13,15,19H,3,5,7,9-10,12H2,1-2H3,(H2,18,21). The van der Waals surface area contributed by atoms with E-state index >= 15 is 0 Å². The van der Waals surface area contributed by atoms with Crippen molar-refractivity contribution in [1.82, 2.24) is 4.90 Å². The van der Waals surface area contributed by atoms with Crippen LogP contribution >= 0.6 is 0 Å². The van der Waals surface area contributed by atoms with E-state index in [4.69, 9.17) is 5.73 Å². The fourth-order valence-electron chi connectivity index (χ4n) is 3.16. The number of nitrogens with zero attached hydrogens (tertiary/aromatic N) is 1. The Morgan fingerprint density at radius 2 is 2.33 bits per heavy atom. The average Bonchev–Trinajstić information content (AvgIpc) is 2.48. The molecule has 3 N–H and O–H groups in total. The molecule has 116 valence electrons. The number of piperidine rings is 1. The molecule has 1 fully saturated rings. The monoisotopic (exact) mass is 289 g/mol. The highest BCUT2D eigenvalue weighted by molar-refractivity contribution is 5.93. The number of primary amides is 1. The van der Waals surface area contributed by atoms with Gasteiger partial charge in [-0.1, -0.05) is 13.0 Å². The van der Waals surface area contributed by atoms with Crippen LogP contribution in [0.2, 0.25) is 0 Å². The van der Waals surface area contributed by atoms with E-state index in [1.54, 1.807) is 6.07 Å². The first-order chi connectivity index (χ1) is 10.1. The topological polar surface area (TPSA) is 58.4 Å². The van der Waals surface area contributed by atoms with Gasteiger partial charge in [-0.3, -0.25) is 4.79 Å². The van der Waals surface area contributed by atoms with E-state index in [1.165, 1.54) is 32.4 Å². The lowest BCUT2D eigenvalue weighted by Gasteiger charge is -2.36. The molecule has 1 saturated heterocycles. The molecule has 0 spiro atoms. The normalized spacial score (nSPS) is 21.0. The lowest BCUT2D eigenvalue weighted by Crippen LogP contribution is -2.42. The van der Waals surface area contributed by atoms with Gasteiger partial charge in [0, 0.05) is 23.8 Å². The summed E-state index contributed by atoms with van der Waals surface area (Å²) in [4.78, 5) is 13.8. The molecule has 1 amide bonds. The Hall–Kier alpha value is -1.55. The van der Waals surface area contributed by atoms with E-state index < -0.39 is 0 Å². The van der Waals surface area contributed by atoms with Gasteiger partial charge in [-0.05, 0) is 63.4 Å². The molecule has 0 bridgehead atoms. The molecule has 2 unspecified atom stereocenters. The number of hydrogen-bond donors (Lipinski definition) is 2. The summed E-state index contributed by atoms with van der Waals surface area (Å²) < 4.78 is 0. The molecule has 2 rings (SSSR count). The van der Waals surface area contributed by atoms with Crippen molar-refractivity contribution in [3.8, 4) is 0 Å². The van der Waals surface area contributed by atoms with Crippen molar-refractivity contribution in [2.75, 3.05) is 25.0 Å².